The van der Waals surface area contributed by atoms with Crippen molar-refractivity contribution in [1.29, 1.82) is 0 Å². The second kappa shape index (κ2) is 7.39. The predicted molar refractivity (Wildman–Crippen MR) is 92.7 cm³/mol. The van der Waals surface area contributed by atoms with Crippen molar-refractivity contribution in [2.45, 2.75) is 32.1 Å². The molecule has 0 spiro atoms. The molecule has 1 atom stereocenters. The molecule has 0 amide bonds. The maximum absolute atomic E-state index is 3.57. The first-order valence-corrected chi connectivity index (χ1v) is 8.81. The number of benzene rings is 1. The van der Waals surface area contributed by atoms with Crippen molar-refractivity contribution in [3.8, 4) is 0 Å². The van der Waals surface area contributed by atoms with E-state index >= 15 is 0 Å². The highest BCUT2D eigenvalue weighted by Crippen LogP contribution is 2.34. The first-order chi connectivity index (χ1) is 9.70. The lowest BCUT2D eigenvalue weighted by atomic mass is 9.75. The fourth-order valence-corrected chi connectivity index (χ4v) is 4.28. The molecule has 0 saturated heterocycles. The lowest BCUT2D eigenvalue weighted by Gasteiger charge is -2.33. The van der Waals surface area contributed by atoms with E-state index in [2.05, 4.69) is 77.6 Å². The lowest BCUT2D eigenvalue weighted by Crippen LogP contribution is -2.39. The van der Waals surface area contributed by atoms with E-state index in [1.54, 1.807) is 0 Å². The van der Waals surface area contributed by atoms with E-state index in [-0.39, 0.29) is 5.41 Å². The van der Waals surface area contributed by atoms with E-state index in [9.17, 15) is 0 Å². The fraction of sp³-hybridized carbons (Fsp3) is 0.412. The average Bonchev–Trinajstić information content (AvgIpc) is 2.89. The highest BCUT2D eigenvalue weighted by Gasteiger charge is 2.30. The topological polar surface area (TPSA) is 12.0 Å². The van der Waals surface area contributed by atoms with Crippen LogP contribution >= 0.6 is 27.3 Å². The minimum atomic E-state index is 0.182. The van der Waals surface area contributed by atoms with Crippen LogP contribution in [0.4, 0.5) is 0 Å². The summed E-state index contributed by atoms with van der Waals surface area (Å²) in [6.45, 7) is 6.52. The van der Waals surface area contributed by atoms with Crippen LogP contribution in [-0.2, 0) is 11.8 Å². The summed E-state index contributed by atoms with van der Waals surface area (Å²) in [5.74, 6) is 0. The molecule has 0 saturated carbocycles. The van der Waals surface area contributed by atoms with E-state index in [4.69, 9.17) is 0 Å². The van der Waals surface area contributed by atoms with Crippen LogP contribution in [-0.4, -0.2) is 13.1 Å². The average molecular weight is 352 g/mol. The van der Waals surface area contributed by atoms with Gasteiger partial charge in [-0.25, -0.2) is 0 Å². The standard InChI is InChI=1S/C17H22BrNS/c1-3-17(13-19-4-2,14-8-6-5-7-9-14)12-15-10-11-16(18)20-15/h5-11,19H,3-4,12-13H2,1-2H3. The summed E-state index contributed by atoms with van der Waals surface area (Å²) in [6.07, 6.45) is 2.23. The molecule has 2 rings (SSSR count). The largest absolute Gasteiger partial charge is 0.316 e. The number of hydrogen-bond acceptors (Lipinski definition) is 2. The van der Waals surface area contributed by atoms with Gasteiger partial charge in [0.25, 0.3) is 0 Å². The molecule has 0 fully saturated rings. The Morgan fingerprint density at radius 1 is 1.10 bits per heavy atom. The van der Waals surface area contributed by atoms with Gasteiger partial charge in [-0.2, -0.15) is 0 Å². The molecule has 0 radical (unpaired) electrons. The van der Waals surface area contributed by atoms with Crippen molar-refractivity contribution in [3.05, 3.63) is 56.7 Å². The molecule has 1 nitrogen and oxygen atoms in total. The van der Waals surface area contributed by atoms with Crippen LogP contribution < -0.4 is 5.32 Å². The van der Waals surface area contributed by atoms with Crippen molar-refractivity contribution in [1.82, 2.24) is 5.32 Å². The molecule has 0 bridgehead atoms. The summed E-state index contributed by atoms with van der Waals surface area (Å²) < 4.78 is 1.22. The second-order valence-electron chi connectivity index (χ2n) is 5.16. The second-order valence-corrected chi connectivity index (χ2v) is 7.71. The number of hydrogen-bond donors (Lipinski definition) is 1. The molecule has 1 unspecified atom stereocenters. The molecule has 0 aliphatic carbocycles. The summed E-state index contributed by atoms with van der Waals surface area (Å²) >= 11 is 5.42. The van der Waals surface area contributed by atoms with Gasteiger partial charge in [-0.05, 0) is 53.0 Å². The third-order valence-corrected chi connectivity index (χ3v) is 5.54. The van der Waals surface area contributed by atoms with Crippen LogP contribution in [0.15, 0.2) is 46.3 Å². The van der Waals surface area contributed by atoms with E-state index in [1.807, 2.05) is 11.3 Å². The van der Waals surface area contributed by atoms with Gasteiger partial charge in [0.05, 0.1) is 3.79 Å². The van der Waals surface area contributed by atoms with Crippen LogP contribution in [0.3, 0.4) is 0 Å². The SMILES string of the molecule is CCNCC(CC)(Cc1ccc(Br)s1)c1ccccc1. The molecule has 0 aliphatic heterocycles. The Balaban J connectivity index is 2.31. The number of nitrogens with one attached hydrogen (secondary N) is 1. The molecule has 1 N–H and O–H groups in total. The number of thiophene rings is 1. The minimum absolute atomic E-state index is 0.182. The van der Waals surface area contributed by atoms with Gasteiger partial charge in [-0.1, -0.05) is 44.2 Å². The third kappa shape index (κ3) is 3.72. The van der Waals surface area contributed by atoms with E-state index < -0.39 is 0 Å². The maximum atomic E-state index is 3.57. The molecular formula is C17H22BrNS. The van der Waals surface area contributed by atoms with Gasteiger partial charge in [0.15, 0.2) is 0 Å². The zero-order valence-electron chi connectivity index (χ0n) is 12.2. The van der Waals surface area contributed by atoms with Gasteiger partial charge >= 0.3 is 0 Å². The van der Waals surface area contributed by atoms with E-state index in [0.717, 1.165) is 25.9 Å². The zero-order valence-corrected chi connectivity index (χ0v) is 14.6. The van der Waals surface area contributed by atoms with Crippen molar-refractivity contribution in [2.24, 2.45) is 0 Å². The number of halogens is 1. The van der Waals surface area contributed by atoms with Crippen LogP contribution in [0, 0.1) is 0 Å². The molecule has 0 aliphatic rings. The van der Waals surface area contributed by atoms with Crippen LogP contribution in [0.2, 0.25) is 0 Å². The Kier molecular flexibility index (Phi) is 5.82. The molecule has 1 aromatic heterocycles. The van der Waals surface area contributed by atoms with Crippen molar-refractivity contribution in [2.75, 3.05) is 13.1 Å². The third-order valence-electron chi connectivity index (χ3n) is 3.92. The first kappa shape index (κ1) is 15.7. The molecular weight excluding hydrogens is 330 g/mol. The predicted octanol–water partition coefficient (Wildman–Crippen LogP) is 5.01. The van der Waals surface area contributed by atoms with Gasteiger partial charge in [-0.3, -0.25) is 0 Å². The Bertz CT molecular complexity index is 523. The number of likely N-dealkylation sites (N-methyl/N-ethyl adjacent to an activating group) is 1. The summed E-state index contributed by atoms with van der Waals surface area (Å²) in [5.41, 5.74) is 1.62. The Labute approximate surface area is 134 Å². The molecule has 20 heavy (non-hydrogen) atoms. The normalized spacial score (nSPS) is 14.2. The van der Waals surface area contributed by atoms with E-state index in [1.165, 1.54) is 14.2 Å². The number of rotatable bonds is 7. The van der Waals surface area contributed by atoms with Gasteiger partial charge in [-0.15, -0.1) is 11.3 Å². The zero-order chi connectivity index (χ0) is 14.4. The van der Waals surface area contributed by atoms with Crippen LogP contribution in [0.5, 0.6) is 0 Å². The minimum Gasteiger partial charge on any atom is -0.316 e. The smallest absolute Gasteiger partial charge is 0.0701 e. The quantitative estimate of drug-likeness (QED) is 0.739. The summed E-state index contributed by atoms with van der Waals surface area (Å²) in [5, 5.41) is 3.56. The Hall–Kier alpha value is -0.640. The maximum Gasteiger partial charge on any atom is 0.0701 e. The highest BCUT2D eigenvalue weighted by atomic mass is 79.9. The van der Waals surface area contributed by atoms with Crippen molar-refractivity contribution in [3.63, 3.8) is 0 Å². The van der Waals surface area contributed by atoms with Gasteiger partial charge in [0.1, 0.15) is 0 Å². The summed E-state index contributed by atoms with van der Waals surface area (Å²) in [4.78, 5) is 1.44. The molecule has 3 heteroatoms. The van der Waals surface area contributed by atoms with Crippen molar-refractivity contribution < 1.29 is 0 Å². The van der Waals surface area contributed by atoms with Crippen LogP contribution in [0.1, 0.15) is 30.7 Å². The molecule has 108 valence electrons. The molecule has 1 aromatic carbocycles. The molecule has 1 heterocycles. The summed E-state index contributed by atoms with van der Waals surface area (Å²) in [6, 6.07) is 15.3. The lowest BCUT2D eigenvalue weighted by molar-refractivity contribution is 0.384. The van der Waals surface area contributed by atoms with Crippen molar-refractivity contribution >= 4 is 27.3 Å². The van der Waals surface area contributed by atoms with E-state index in [0.29, 0.717) is 0 Å². The Morgan fingerprint density at radius 3 is 2.40 bits per heavy atom. The van der Waals surface area contributed by atoms with Gasteiger partial charge < -0.3 is 5.32 Å². The van der Waals surface area contributed by atoms with Gasteiger partial charge in [0.2, 0.25) is 0 Å². The Morgan fingerprint density at radius 2 is 1.85 bits per heavy atom. The highest BCUT2D eigenvalue weighted by molar-refractivity contribution is 9.11. The summed E-state index contributed by atoms with van der Waals surface area (Å²) in [7, 11) is 0. The monoisotopic (exact) mass is 351 g/mol. The van der Waals surface area contributed by atoms with Gasteiger partial charge in [0, 0.05) is 16.8 Å². The fourth-order valence-electron chi connectivity index (χ4n) is 2.66. The van der Waals surface area contributed by atoms with Crippen LogP contribution in [0.25, 0.3) is 0 Å². The first-order valence-electron chi connectivity index (χ1n) is 7.20. The molecule has 2 aromatic rings.